The average Bonchev–Trinajstić information content (AvgIpc) is 3.53. The van der Waals surface area contributed by atoms with Crippen LogP contribution in [0.25, 0.3) is 0 Å². The molecule has 10 aliphatic heterocycles. The van der Waals surface area contributed by atoms with Crippen LogP contribution in [0.4, 0.5) is 0 Å². The van der Waals surface area contributed by atoms with Gasteiger partial charge in [-0.3, -0.25) is 0 Å². The summed E-state index contributed by atoms with van der Waals surface area (Å²) in [5, 5.41) is 0. The molecular formula is C21H30FeOS. The minimum atomic E-state index is -3.10. The predicted molar refractivity (Wildman–Crippen MR) is 96.9 cm³/mol. The fraction of sp³-hybridized carbons (Fsp3) is 0.952. The number of carbonyl (C=O) groups is 1. The normalized spacial score (nSPS) is 87.8. The molecule has 4 atom stereocenters. The van der Waals surface area contributed by atoms with E-state index in [1.165, 1.54) is 94.7 Å². The Morgan fingerprint density at radius 3 is 1.54 bits per heavy atom. The van der Waals surface area contributed by atoms with Crippen LogP contribution in [0.5, 0.6) is 0 Å². The first kappa shape index (κ1) is 12.1. The number of unbranched alkanes of at least 4 members (excludes halogenated alkanes) is 7. The van der Waals surface area contributed by atoms with Gasteiger partial charge in [0.2, 0.25) is 0 Å². The van der Waals surface area contributed by atoms with Gasteiger partial charge < -0.3 is 0 Å². The summed E-state index contributed by atoms with van der Waals surface area (Å²) < 4.78 is 0.548. The van der Waals surface area contributed by atoms with Crippen LogP contribution >= 0.6 is 12.6 Å². The van der Waals surface area contributed by atoms with Crippen LogP contribution in [0.3, 0.4) is 0 Å². The zero-order valence-electron chi connectivity index (χ0n) is 14.5. The Hall–Kier alpha value is 0.539. The molecule has 1 spiro atoms. The van der Waals surface area contributed by atoms with Gasteiger partial charge in [0, 0.05) is 0 Å². The van der Waals surface area contributed by atoms with E-state index in [0.717, 1.165) is 18.0 Å². The molecule has 1 nitrogen and oxygen atoms in total. The second kappa shape index (κ2) is 1.43. The molecule has 0 aliphatic carbocycles. The van der Waals surface area contributed by atoms with Crippen LogP contribution in [0.15, 0.2) is 0 Å². The molecule has 10 heterocycles. The summed E-state index contributed by atoms with van der Waals surface area (Å²) in [6.07, 6.45) is 11.7. The molecule has 0 aromatic heterocycles. The summed E-state index contributed by atoms with van der Waals surface area (Å²) in [4.78, 5) is 25.0. The Bertz CT molecular complexity index is 1010. The van der Waals surface area contributed by atoms with Crippen molar-refractivity contribution >= 4 is 18.4 Å². The Labute approximate surface area is 140 Å². The third-order valence-electron chi connectivity index (χ3n) is 17.4. The maximum atomic E-state index is 13.4. The number of carbonyl (C=O) groups excluding carboxylic acids is 1. The number of ketones is 1. The van der Waals surface area contributed by atoms with Gasteiger partial charge in [-0.05, 0) is 0 Å². The van der Waals surface area contributed by atoms with Gasteiger partial charge in [0.1, 0.15) is 0 Å². The molecule has 134 valence electrons. The predicted octanol–water partition coefficient (Wildman–Crippen LogP) is 6.76. The van der Waals surface area contributed by atoms with Gasteiger partial charge in [0.15, 0.2) is 0 Å². The second-order valence-electron chi connectivity index (χ2n) is 13.4. The monoisotopic (exact) mass is 386 g/mol. The van der Waals surface area contributed by atoms with Crippen molar-refractivity contribution in [2.75, 3.05) is 5.75 Å². The fourth-order valence-electron chi connectivity index (χ4n) is 18.6. The molecule has 0 radical (unpaired) electrons. The molecule has 0 amide bonds. The third-order valence-corrected chi connectivity index (χ3v) is 60.1. The molecule has 0 aromatic rings. The van der Waals surface area contributed by atoms with E-state index in [0.29, 0.717) is 4.31 Å². The second-order valence-corrected chi connectivity index (χ2v) is 37.4. The molecular weight excluding hydrogens is 356 g/mol. The topological polar surface area (TPSA) is 17.1 Å². The molecule has 0 aromatic carbocycles. The van der Waals surface area contributed by atoms with Crippen molar-refractivity contribution in [1.82, 2.24) is 0 Å². The van der Waals surface area contributed by atoms with Crippen LogP contribution in [-0.2, 0) is 11.3 Å². The molecule has 10 saturated heterocycles. The number of fused-ring (bicyclic) bond motifs is 10. The molecule has 10 aliphatic rings. The Morgan fingerprint density at radius 2 is 1.17 bits per heavy atom. The van der Waals surface area contributed by atoms with E-state index >= 15 is 0 Å². The van der Waals surface area contributed by atoms with E-state index in [1.807, 2.05) is 0 Å². The van der Waals surface area contributed by atoms with Crippen molar-refractivity contribution in [3.05, 3.63) is 0 Å². The Morgan fingerprint density at radius 1 is 0.708 bits per heavy atom. The van der Waals surface area contributed by atoms with E-state index in [9.17, 15) is 4.79 Å². The van der Waals surface area contributed by atoms with Crippen LogP contribution in [0.2, 0.25) is 47.7 Å². The number of thiol groups is 1. The number of Topliss-reactive ketones (excluding diaryl/α,β-unsaturated/α-hetero) is 1. The van der Waals surface area contributed by atoms with Gasteiger partial charge in [0.05, 0.1) is 0 Å². The summed E-state index contributed by atoms with van der Waals surface area (Å²) in [5.41, 5.74) is 0. The first-order chi connectivity index (χ1) is 11.5. The summed E-state index contributed by atoms with van der Waals surface area (Å²) in [7, 11) is 0. The van der Waals surface area contributed by atoms with Gasteiger partial charge in [-0.15, -0.1) is 0 Å². The van der Waals surface area contributed by atoms with Gasteiger partial charge in [-0.2, -0.15) is 12.6 Å². The van der Waals surface area contributed by atoms with E-state index in [-0.39, 0.29) is 0 Å². The van der Waals surface area contributed by atoms with Gasteiger partial charge in [-0.25, -0.2) is 0 Å². The van der Waals surface area contributed by atoms with Crippen molar-refractivity contribution in [2.45, 2.75) is 105 Å². The first-order valence-corrected chi connectivity index (χ1v) is 17.8. The number of rotatable bonds is 11. The number of hydrogen-bond acceptors (Lipinski definition) is 2. The van der Waals surface area contributed by atoms with Gasteiger partial charge >= 0.3 is 128 Å². The third kappa shape index (κ3) is 0.197. The fourth-order valence-corrected chi connectivity index (χ4v) is 93.0. The zero-order valence-corrected chi connectivity index (χ0v) is 16.5. The van der Waals surface area contributed by atoms with Crippen molar-refractivity contribution in [3.63, 3.8) is 0 Å². The van der Waals surface area contributed by atoms with E-state index in [2.05, 4.69) is 12.6 Å². The van der Waals surface area contributed by atoms with Gasteiger partial charge in [0.25, 0.3) is 0 Å². The van der Waals surface area contributed by atoms with E-state index in [4.69, 9.17) is 0 Å². The van der Waals surface area contributed by atoms with E-state index < -0.39 is 6.51 Å². The Balaban J connectivity index is 0.845. The molecule has 24 heavy (non-hydrogen) atoms. The van der Waals surface area contributed by atoms with Crippen molar-refractivity contribution < 1.29 is 11.3 Å². The molecule has 10 rings (SSSR count). The van der Waals surface area contributed by atoms with Crippen molar-refractivity contribution in [3.8, 4) is 0 Å². The van der Waals surface area contributed by atoms with E-state index in [1.54, 1.807) is 0 Å². The SMILES string of the molecule is O=C(CCCCCCCCCCS)[C]12[CH]3[CH]4[CH]5[CH]1[Fe]45321678[CH]2[CH]1[CH]6[CH]7[CH]28. The summed E-state index contributed by atoms with van der Waals surface area (Å²) in [5.74, 6) is 1.94. The maximum absolute atomic E-state index is 13.4. The quantitative estimate of drug-likeness (QED) is 0.236. The zero-order chi connectivity index (χ0) is 15.7. The average molecular weight is 386 g/mol. The molecule has 0 saturated carbocycles. The van der Waals surface area contributed by atoms with Crippen LogP contribution in [0, 0.1) is 0 Å². The van der Waals surface area contributed by atoms with Crippen LogP contribution < -0.4 is 0 Å². The Kier molecular flexibility index (Phi) is 0.719. The molecule has 3 heteroatoms. The molecule has 0 bridgehead atoms. The van der Waals surface area contributed by atoms with Crippen LogP contribution in [-0.4, -0.2) is 11.5 Å². The standard InChI is InChI=1S/C16H25OS.C5H5.Fe/c17-16(15-11-8-9-12-15)13-7-5-3-1-2-4-6-10-14-18;1-2-4-5-3-1;/h8-9,11-12,18H,1-7,10,13-14H2;1-5H;. The summed E-state index contributed by atoms with van der Waals surface area (Å²) >= 11 is 4.28. The molecule has 4 unspecified atom stereocenters. The molecule has 0 N–H and O–H groups in total. The summed E-state index contributed by atoms with van der Waals surface area (Å²) in [6.45, 7) is -3.10. The minimum absolute atomic E-state index is 0.548. The van der Waals surface area contributed by atoms with Crippen molar-refractivity contribution in [1.29, 1.82) is 0 Å². The summed E-state index contributed by atoms with van der Waals surface area (Å²) in [6, 6.07) is 0. The van der Waals surface area contributed by atoms with Crippen molar-refractivity contribution in [2.24, 2.45) is 0 Å². The molecule has 10 fully saturated rings. The number of hydrogen-bond donors (Lipinski definition) is 1. The van der Waals surface area contributed by atoms with Crippen LogP contribution in [0.1, 0.15) is 57.8 Å². The van der Waals surface area contributed by atoms with Gasteiger partial charge in [-0.1, -0.05) is 0 Å². The first-order valence-electron chi connectivity index (χ1n) is 10.9.